The molecule has 0 radical (unpaired) electrons. The van der Waals surface area contributed by atoms with E-state index in [1.165, 1.54) is 5.38 Å². The lowest BCUT2D eigenvalue weighted by Gasteiger charge is -2.29. The maximum atomic E-state index is 12.2. The Hall–Kier alpha value is -2.71. The quantitative estimate of drug-likeness (QED) is 0.692. The molecule has 1 aliphatic rings. The summed E-state index contributed by atoms with van der Waals surface area (Å²) < 4.78 is 36.6. The van der Waals surface area contributed by atoms with Crippen molar-refractivity contribution in [3.05, 3.63) is 35.0 Å². The van der Waals surface area contributed by atoms with Crippen LogP contribution in [-0.2, 0) is 0 Å². The van der Waals surface area contributed by atoms with Gasteiger partial charge in [-0.05, 0) is 38.1 Å². The summed E-state index contributed by atoms with van der Waals surface area (Å²) in [5, 5.41) is 15.3. The topological polar surface area (TPSA) is 93.9 Å². The third kappa shape index (κ3) is 6.13. The molecule has 3 rings (SSSR count). The number of hydrogen-bond donors (Lipinski definition) is 2. The largest absolute Gasteiger partial charge is 0.405 e. The van der Waals surface area contributed by atoms with E-state index in [9.17, 15) is 18.0 Å². The van der Waals surface area contributed by atoms with Gasteiger partial charge in [0.25, 0.3) is 5.91 Å². The smallest absolute Gasteiger partial charge is 0.342 e. The highest BCUT2D eigenvalue weighted by Gasteiger charge is 2.28. The Labute approximate surface area is 169 Å². The van der Waals surface area contributed by atoms with E-state index in [0.29, 0.717) is 23.4 Å². The number of nitriles is 1. The van der Waals surface area contributed by atoms with E-state index in [1.807, 2.05) is 12.1 Å². The van der Waals surface area contributed by atoms with Crippen molar-refractivity contribution in [2.75, 3.05) is 31.5 Å². The van der Waals surface area contributed by atoms with Crippen LogP contribution in [0.5, 0.6) is 0 Å². The highest BCUT2D eigenvalue weighted by atomic mass is 32.1. The van der Waals surface area contributed by atoms with Crippen molar-refractivity contribution in [3.8, 4) is 6.07 Å². The molecule has 1 amide bonds. The molecular weight excluding hydrogens is 405 g/mol. The predicted octanol–water partition coefficient (Wildman–Crippen LogP) is 3.28. The average molecular weight is 424 g/mol. The van der Waals surface area contributed by atoms with E-state index in [2.05, 4.69) is 26.3 Å². The monoisotopic (exact) mass is 424 g/mol. The molecule has 3 heterocycles. The van der Waals surface area contributed by atoms with Crippen molar-refractivity contribution in [2.45, 2.75) is 24.9 Å². The SMILES string of the molecule is N#CCN1CCC(c2cccc(Nc3nc(C(=O)NCC(F)(F)F)cs3)n2)CC1. The normalized spacial score (nSPS) is 15.7. The lowest BCUT2D eigenvalue weighted by atomic mass is 9.93. The molecule has 2 aromatic rings. The van der Waals surface area contributed by atoms with Crippen LogP contribution in [0.15, 0.2) is 23.6 Å². The number of rotatable bonds is 6. The van der Waals surface area contributed by atoms with Gasteiger partial charge in [-0.3, -0.25) is 9.69 Å². The number of hydrogen-bond acceptors (Lipinski definition) is 7. The minimum Gasteiger partial charge on any atom is -0.342 e. The van der Waals surface area contributed by atoms with Crippen LogP contribution in [-0.4, -0.2) is 53.1 Å². The van der Waals surface area contributed by atoms with Gasteiger partial charge in [-0.2, -0.15) is 18.4 Å². The number of piperidine rings is 1. The number of nitrogens with zero attached hydrogens (tertiary/aromatic N) is 4. The lowest BCUT2D eigenvalue weighted by Crippen LogP contribution is -2.33. The number of pyridine rings is 1. The second-order valence-electron chi connectivity index (χ2n) is 6.62. The van der Waals surface area contributed by atoms with Gasteiger partial charge < -0.3 is 10.6 Å². The minimum atomic E-state index is -4.47. The maximum Gasteiger partial charge on any atom is 0.405 e. The van der Waals surface area contributed by atoms with Gasteiger partial charge in [0.1, 0.15) is 18.1 Å². The van der Waals surface area contributed by atoms with Crippen molar-refractivity contribution < 1.29 is 18.0 Å². The van der Waals surface area contributed by atoms with Crippen LogP contribution in [0.2, 0.25) is 0 Å². The van der Waals surface area contributed by atoms with Crippen LogP contribution in [0.4, 0.5) is 24.1 Å². The van der Waals surface area contributed by atoms with Crippen molar-refractivity contribution >= 4 is 28.2 Å². The van der Waals surface area contributed by atoms with Crippen LogP contribution < -0.4 is 10.6 Å². The molecule has 154 valence electrons. The first-order chi connectivity index (χ1) is 13.8. The minimum absolute atomic E-state index is 0.0808. The second kappa shape index (κ2) is 9.19. The summed E-state index contributed by atoms with van der Waals surface area (Å²) >= 11 is 1.11. The number of alkyl halides is 3. The number of anilines is 2. The number of aromatic nitrogens is 2. The third-order valence-electron chi connectivity index (χ3n) is 4.49. The molecule has 29 heavy (non-hydrogen) atoms. The van der Waals surface area contributed by atoms with E-state index in [0.717, 1.165) is 43.0 Å². The molecule has 0 atom stereocenters. The Kier molecular flexibility index (Phi) is 6.66. The first kappa shape index (κ1) is 21.0. The molecule has 0 aliphatic carbocycles. The van der Waals surface area contributed by atoms with Gasteiger partial charge >= 0.3 is 6.18 Å². The summed E-state index contributed by atoms with van der Waals surface area (Å²) in [7, 11) is 0. The number of amides is 1. The molecule has 2 N–H and O–H groups in total. The maximum absolute atomic E-state index is 12.2. The predicted molar refractivity (Wildman–Crippen MR) is 102 cm³/mol. The van der Waals surface area contributed by atoms with Crippen molar-refractivity contribution in [1.82, 2.24) is 20.2 Å². The third-order valence-corrected chi connectivity index (χ3v) is 5.25. The molecule has 0 bridgehead atoms. The summed E-state index contributed by atoms with van der Waals surface area (Å²) in [4.78, 5) is 22.5. The fraction of sp³-hybridized carbons (Fsp3) is 0.444. The molecule has 0 unspecified atom stereocenters. The molecule has 1 aliphatic heterocycles. The Morgan fingerprint density at radius 1 is 1.31 bits per heavy atom. The molecule has 7 nitrogen and oxygen atoms in total. The summed E-state index contributed by atoms with van der Waals surface area (Å²) in [6.45, 7) is 0.731. The van der Waals surface area contributed by atoms with E-state index in [-0.39, 0.29) is 5.69 Å². The molecule has 0 saturated carbocycles. The fourth-order valence-electron chi connectivity index (χ4n) is 3.05. The fourth-order valence-corrected chi connectivity index (χ4v) is 3.75. The van der Waals surface area contributed by atoms with Gasteiger partial charge in [-0.25, -0.2) is 9.97 Å². The van der Waals surface area contributed by atoms with Crippen LogP contribution in [0.1, 0.15) is 34.9 Å². The van der Waals surface area contributed by atoms with Gasteiger partial charge in [0.05, 0.1) is 12.6 Å². The zero-order valence-corrected chi connectivity index (χ0v) is 16.2. The molecule has 0 spiro atoms. The molecular formula is C18H19F3N6OS. The summed E-state index contributed by atoms with van der Waals surface area (Å²) in [5.74, 6) is -0.0253. The summed E-state index contributed by atoms with van der Waals surface area (Å²) in [5.41, 5.74) is 0.856. The number of halogens is 3. The highest BCUT2D eigenvalue weighted by molar-refractivity contribution is 7.14. The van der Waals surface area contributed by atoms with E-state index >= 15 is 0 Å². The van der Waals surface area contributed by atoms with E-state index in [4.69, 9.17) is 5.26 Å². The number of thiazole rings is 1. The first-order valence-corrected chi connectivity index (χ1v) is 9.86. The van der Waals surface area contributed by atoms with Gasteiger partial charge in [0.15, 0.2) is 5.13 Å². The number of likely N-dealkylation sites (tertiary alicyclic amines) is 1. The number of carbonyl (C=O) groups is 1. The highest BCUT2D eigenvalue weighted by Crippen LogP contribution is 2.28. The van der Waals surface area contributed by atoms with Gasteiger partial charge in [0.2, 0.25) is 0 Å². The average Bonchev–Trinajstić information content (AvgIpc) is 3.15. The number of nitrogens with one attached hydrogen (secondary N) is 2. The molecule has 1 saturated heterocycles. The van der Waals surface area contributed by atoms with Crippen LogP contribution in [0.3, 0.4) is 0 Å². The van der Waals surface area contributed by atoms with E-state index in [1.54, 1.807) is 11.4 Å². The molecule has 0 aromatic carbocycles. The van der Waals surface area contributed by atoms with E-state index < -0.39 is 18.6 Å². The van der Waals surface area contributed by atoms with Gasteiger partial charge in [-0.1, -0.05) is 6.07 Å². The Morgan fingerprint density at radius 3 is 2.76 bits per heavy atom. The molecule has 1 fully saturated rings. The van der Waals surface area contributed by atoms with Crippen molar-refractivity contribution in [2.24, 2.45) is 0 Å². The van der Waals surface area contributed by atoms with Crippen LogP contribution >= 0.6 is 11.3 Å². The first-order valence-electron chi connectivity index (χ1n) is 8.98. The molecule has 11 heteroatoms. The Morgan fingerprint density at radius 2 is 2.07 bits per heavy atom. The standard InChI is InChI=1S/C18H19F3N6OS/c19-18(20,21)11-23-16(28)14-10-29-17(25-14)26-15-3-1-2-13(24-15)12-4-7-27(8-5-12)9-6-22/h1-3,10,12H,4-5,7-9,11H2,(H,23,28)(H,24,25,26). The molecule has 2 aromatic heterocycles. The van der Waals surface area contributed by atoms with Crippen LogP contribution in [0, 0.1) is 11.3 Å². The summed E-state index contributed by atoms with van der Waals surface area (Å²) in [6, 6.07) is 7.75. The Bertz CT molecular complexity index is 886. The van der Waals surface area contributed by atoms with Crippen molar-refractivity contribution in [3.63, 3.8) is 0 Å². The van der Waals surface area contributed by atoms with Gasteiger partial charge in [-0.15, -0.1) is 11.3 Å². The lowest BCUT2D eigenvalue weighted by molar-refractivity contribution is -0.123. The second-order valence-corrected chi connectivity index (χ2v) is 7.48. The number of carbonyl (C=O) groups excluding carboxylic acids is 1. The van der Waals surface area contributed by atoms with Gasteiger partial charge in [0, 0.05) is 17.0 Å². The van der Waals surface area contributed by atoms with Crippen LogP contribution in [0.25, 0.3) is 0 Å². The zero-order chi connectivity index (χ0) is 20.9. The Balaban J connectivity index is 1.59. The zero-order valence-electron chi connectivity index (χ0n) is 15.4. The van der Waals surface area contributed by atoms with Crippen molar-refractivity contribution in [1.29, 1.82) is 5.26 Å². The summed E-state index contributed by atoms with van der Waals surface area (Å²) in [6.07, 6.45) is -2.64.